The first kappa shape index (κ1) is 20.5. The van der Waals surface area contributed by atoms with Gasteiger partial charge in [0.15, 0.2) is 0 Å². The Hall–Kier alpha value is -0.730. The third-order valence-corrected chi connectivity index (χ3v) is 7.91. The Morgan fingerprint density at radius 2 is 0.964 bits per heavy atom. The number of hydrogen-bond donors (Lipinski definition) is 0. The highest BCUT2D eigenvalue weighted by molar-refractivity contribution is 5.93. The van der Waals surface area contributed by atoms with Crippen LogP contribution in [0.15, 0.2) is 4.99 Å². The summed E-state index contributed by atoms with van der Waals surface area (Å²) < 4.78 is 0. The highest BCUT2D eigenvalue weighted by Gasteiger charge is 2.28. The van der Waals surface area contributed by atoms with Crippen LogP contribution in [-0.2, 0) is 0 Å². The van der Waals surface area contributed by atoms with E-state index in [0.29, 0.717) is 24.2 Å². The maximum absolute atomic E-state index is 5.46. The lowest BCUT2D eigenvalue weighted by molar-refractivity contribution is 0.156. The normalized spacial score (nSPS) is 27.6. The van der Waals surface area contributed by atoms with Crippen LogP contribution in [0.1, 0.15) is 128 Å². The molecule has 0 bridgehead atoms. The molecule has 28 heavy (non-hydrogen) atoms. The number of hydrogen-bond acceptors (Lipinski definition) is 1. The van der Waals surface area contributed by atoms with Crippen molar-refractivity contribution in [2.75, 3.05) is 0 Å². The van der Waals surface area contributed by atoms with Crippen molar-refractivity contribution in [3.05, 3.63) is 5.32 Å². The molecule has 3 heteroatoms. The minimum Gasteiger partial charge on any atom is -0.420 e. The van der Waals surface area contributed by atoms with Crippen LogP contribution in [0.2, 0.25) is 0 Å². The zero-order valence-electron chi connectivity index (χ0n) is 18.3. The summed E-state index contributed by atoms with van der Waals surface area (Å²) in [6.45, 7) is 0. The van der Waals surface area contributed by atoms with Crippen molar-refractivity contribution >= 4 is 5.96 Å². The van der Waals surface area contributed by atoms with Crippen molar-refractivity contribution in [1.29, 1.82) is 0 Å². The lowest BCUT2D eigenvalue weighted by Gasteiger charge is -2.51. The predicted octanol–water partition coefficient (Wildman–Crippen LogP) is 7.35. The third-order valence-electron chi connectivity index (χ3n) is 7.91. The molecule has 0 aromatic carbocycles. The molecule has 3 nitrogen and oxygen atoms in total. The molecule has 0 radical (unpaired) electrons. The molecule has 0 aromatic rings. The summed E-state index contributed by atoms with van der Waals surface area (Å²) in [7, 11) is 0. The smallest absolute Gasteiger partial charge is 0.0102 e. The minimum atomic E-state index is 0.547. The van der Waals surface area contributed by atoms with Crippen LogP contribution in [-0.4, -0.2) is 35.0 Å². The van der Waals surface area contributed by atoms with Gasteiger partial charge in [0.05, 0.1) is 0 Å². The first-order valence-electron chi connectivity index (χ1n) is 13.0. The van der Waals surface area contributed by atoms with E-state index in [2.05, 4.69) is 4.90 Å². The van der Waals surface area contributed by atoms with Crippen molar-refractivity contribution in [3.63, 3.8) is 0 Å². The van der Waals surface area contributed by atoms with Crippen LogP contribution < -0.4 is 0 Å². The van der Waals surface area contributed by atoms with Gasteiger partial charge in [-0.25, -0.2) is 0 Å². The van der Waals surface area contributed by atoms with Crippen molar-refractivity contribution in [3.8, 4) is 0 Å². The lowest BCUT2D eigenvalue weighted by atomic mass is 9.88. The van der Waals surface area contributed by atoms with Crippen LogP contribution >= 0.6 is 0 Å². The Kier molecular flexibility index (Phi) is 7.98. The topological polar surface area (TPSA) is 29.7 Å². The van der Waals surface area contributed by atoms with E-state index in [-0.39, 0.29) is 0 Å². The lowest BCUT2D eigenvalue weighted by Crippen LogP contribution is -2.49. The molecule has 4 fully saturated rings. The molecule has 0 spiro atoms. The fourth-order valence-electron chi connectivity index (χ4n) is 6.26. The van der Waals surface area contributed by atoms with E-state index in [1.54, 1.807) is 0 Å². The second-order valence-electron chi connectivity index (χ2n) is 10.1. The van der Waals surface area contributed by atoms with E-state index in [9.17, 15) is 0 Å². The van der Waals surface area contributed by atoms with Gasteiger partial charge in [-0.2, -0.15) is 0 Å². The summed E-state index contributed by atoms with van der Waals surface area (Å²) in [5.41, 5.74) is 0. The van der Waals surface area contributed by atoms with Crippen LogP contribution in [0.5, 0.6) is 0 Å². The van der Waals surface area contributed by atoms with Crippen molar-refractivity contribution in [2.45, 2.75) is 153 Å². The molecule has 4 aliphatic carbocycles. The second kappa shape index (κ2) is 10.9. The van der Waals surface area contributed by atoms with Crippen LogP contribution in [0.25, 0.3) is 5.32 Å². The second-order valence-corrected chi connectivity index (χ2v) is 10.1. The maximum Gasteiger partial charge on any atom is 0.0102 e. The molecule has 0 amide bonds. The molecular formula is C25H44N3-. The van der Waals surface area contributed by atoms with Crippen molar-refractivity contribution in [1.82, 2.24) is 4.90 Å². The molecule has 4 rings (SSSR count). The standard InChI is InChI=1S/C25H44N3/c1-5-13-21(14-6-1)26-25(27-22-15-7-2-8-16-22)28(23-17-9-3-10-18-23)24-19-11-4-12-20-24/h21-24H,1-20H2/q-1. The average molecular weight is 387 g/mol. The molecule has 0 aliphatic heterocycles. The fraction of sp³-hybridized carbons (Fsp3) is 0.960. The number of nitrogens with zero attached hydrogens (tertiary/aromatic N) is 3. The predicted molar refractivity (Wildman–Crippen MR) is 120 cm³/mol. The highest BCUT2D eigenvalue weighted by Crippen LogP contribution is 2.34. The van der Waals surface area contributed by atoms with Crippen LogP contribution in [0.4, 0.5) is 0 Å². The average Bonchev–Trinajstić information content (AvgIpc) is 2.77. The van der Waals surface area contributed by atoms with Gasteiger partial charge in [-0.05, 0) is 75.5 Å². The van der Waals surface area contributed by atoms with Crippen molar-refractivity contribution in [2.24, 2.45) is 4.99 Å². The Labute approximate surface area is 174 Å². The van der Waals surface area contributed by atoms with E-state index < -0.39 is 0 Å². The summed E-state index contributed by atoms with van der Waals surface area (Å²) in [6, 6.07) is 2.52. The molecule has 0 unspecified atom stereocenters. The molecule has 0 saturated heterocycles. The van der Waals surface area contributed by atoms with E-state index in [4.69, 9.17) is 10.3 Å². The summed E-state index contributed by atoms with van der Waals surface area (Å²) in [4.78, 5) is 8.28. The molecule has 4 aliphatic rings. The van der Waals surface area contributed by atoms with Crippen LogP contribution in [0, 0.1) is 0 Å². The summed E-state index contributed by atoms with van der Waals surface area (Å²) in [5.74, 6) is 1.22. The van der Waals surface area contributed by atoms with Crippen LogP contribution in [0.3, 0.4) is 0 Å². The Morgan fingerprint density at radius 3 is 1.46 bits per heavy atom. The summed E-state index contributed by atoms with van der Waals surface area (Å²) in [5, 5.41) is 5.46. The van der Waals surface area contributed by atoms with E-state index in [0.717, 1.165) is 0 Å². The molecule has 4 saturated carbocycles. The highest BCUT2D eigenvalue weighted by atomic mass is 15.3. The minimum absolute atomic E-state index is 0.547. The fourth-order valence-corrected chi connectivity index (χ4v) is 6.26. The largest absolute Gasteiger partial charge is 0.420 e. The van der Waals surface area contributed by atoms with Gasteiger partial charge in [0.2, 0.25) is 0 Å². The maximum atomic E-state index is 5.46. The monoisotopic (exact) mass is 386 g/mol. The Bertz CT molecular complexity index is 446. The van der Waals surface area contributed by atoms with Gasteiger partial charge in [0, 0.05) is 5.96 Å². The molecule has 0 N–H and O–H groups in total. The molecule has 0 atom stereocenters. The van der Waals surface area contributed by atoms with Gasteiger partial charge < -0.3 is 15.2 Å². The Morgan fingerprint density at radius 1 is 0.536 bits per heavy atom. The van der Waals surface area contributed by atoms with E-state index in [1.165, 1.54) is 134 Å². The number of aliphatic imine (C=N–C) groups is 1. The summed E-state index contributed by atoms with van der Waals surface area (Å²) in [6.07, 6.45) is 27.5. The van der Waals surface area contributed by atoms with Gasteiger partial charge in [-0.3, -0.25) is 0 Å². The van der Waals surface area contributed by atoms with Gasteiger partial charge in [0.25, 0.3) is 0 Å². The van der Waals surface area contributed by atoms with Gasteiger partial charge in [-0.1, -0.05) is 77.0 Å². The SMILES string of the molecule is C1CCC(N=C([N-]C2CCCCC2)N(C2CCCCC2)C2CCCCC2)CC1. The number of rotatable bonds is 4. The summed E-state index contributed by atoms with van der Waals surface area (Å²) >= 11 is 0. The molecule has 0 aromatic heterocycles. The first-order valence-corrected chi connectivity index (χ1v) is 13.0. The van der Waals surface area contributed by atoms with Gasteiger partial charge >= 0.3 is 0 Å². The van der Waals surface area contributed by atoms with Crippen molar-refractivity contribution < 1.29 is 0 Å². The molecular weight excluding hydrogens is 342 g/mol. The Balaban J connectivity index is 1.56. The molecule has 160 valence electrons. The van der Waals surface area contributed by atoms with Gasteiger partial charge in [0.1, 0.15) is 0 Å². The first-order chi connectivity index (χ1) is 13.9. The van der Waals surface area contributed by atoms with E-state index >= 15 is 0 Å². The van der Waals surface area contributed by atoms with Gasteiger partial charge in [-0.15, -0.1) is 0 Å². The third kappa shape index (κ3) is 5.66. The van der Waals surface area contributed by atoms with E-state index in [1.807, 2.05) is 0 Å². The zero-order valence-corrected chi connectivity index (χ0v) is 18.3. The zero-order chi connectivity index (χ0) is 19.0. The quantitative estimate of drug-likeness (QED) is 0.367. The number of guanidine groups is 1. The molecule has 0 heterocycles.